The van der Waals surface area contributed by atoms with Gasteiger partial charge in [0, 0.05) is 9.82 Å². The van der Waals surface area contributed by atoms with Crippen LogP contribution in [0, 0.1) is 46.5 Å². The lowest BCUT2D eigenvalue weighted by atomic mass is 10.1. The van der Waals surface area contributed by atoms with Gasteiger partial charge >= 0.3 is 11.9 Å². The molecule has 2 aromatic carbocycles. The van der Waals surface area contributed by atoms with Crippen LogP contribution >= 0.6 is 0 Å². The molecule has 0 atom stereocenters. The molecule has 0 aromatic heterocycles. The molecule has 0 N–H and O–H groups in total. The predicted octanol–water partition coefficient (Wildman–Crippen LogP) is 5.88. The van der Waals surface area contributed by atoms with E-state index in [0.717, 1.165) is 0 Å². The Morgan fingerprint density at radius 2 is 0.478 bits per heavy atom. The molecule has 21 nitrogen and oxygen atoms in total. The number of esters is 2. The van der Waals surface area contributed by atoms with Gasteiger partial charge in [-0.2, -0.15) is 0 Å². The number of hydrogen-bond donors (Lipinski definition) is 0. The first kappa shape index (κ1) is 58.1. The first-order valence-electron chi connectivity index (χ1n) is 20.0. The Morgan fingerprint density at radius 3 is 0.642 bits per heavy atom. The van der Waals surface area contributed by atoms with Crippen molar-refractivity contribution >= 4 is 23.3 Å². The summed E-state index contributed by atoms with van der Waals surface area (Å²) in [4.78, 5) is 27.9. The van der Waals surface area contributed by atoms with Crippen LogP contribution in [0.15, 0.2) is 10.2 Å². The summed E-state index contributed by atoms with van der Waals surface area (Å²) >= 11 is 0. The van der Waals surface area contributed by atoms with Crippen LogP contribution in [0.5, 0.6) is 0 Å². The number of nitrogens with zero attached hydrogens (tertiary/aromatic N) is 6. The molecule has 0 amide bonds. The van der Waals surface area contributed by atoms with E-state index in [9.17, 15) is 44.7 Å². The molecule has 0 aliphatic heterocycles. The fourth-order valence-electron chi connectivity index (χ4n) is 4.70. The number of carbonyl (C=O) groups excluding carboxylic acids is 2. The van der Waals surface area contributed by atoms with Crippen molar-refractivity contribution in [3.63, 3.8) is 0 Å². The standard InChI is InChI=1S/C38H48F8N6O15/c39-27-25(28(40)32(44)35(31(27)43)49-51-47)37(53)66-23-21-64-19-17-62-15-13-60-11-9-58-7-5-56-3-1-55-2-4-57-6-8-59-10-12-61-14-16-63-18-20-65-22-24-67-38(54)26-29(41)33(45)36(50-52-48)34(46)30(26)42/h1-24H2. The molecule has 67 heavy (non-hydrogen) atoms. The average Bonchev–Trinajstić information content (AvgIpc) is 3.31. The number of benzene rings is 2. The summed E-state index contributed by atoms with van der Waals surface area (Å²) in [5.41, 5.74) is 10.2. The molecule has 0 fully saturated rings. The highest BCUT2D eigenvalue weighted by Crippen LogP contribution is 2.32. The molecule has 376 valence electrons. The van der Waals surface area contributed by atoms with Crippen LogP contribution in [0.1, 0.15) is 20.7 Å². The van der Waals surface area contributed by atoms with Crippen LogP contribution in [0.3, 0.4) is 0 Å². The van der Waals surface area contributed by atoms with Gasteiger partial charge in [0.1, 0.15) is 35.7 Å². The zero-order valence-corrected chi connectivity index (χ0v) is 35.8. The second kappa shape index (κ2) is 36.1. The minimum atomic E-state index is -2.06. The zero-order valence-electron chi connectivity index (χ0n) is 35.8. The summed E-state index contributed by atoms with van der Waals surface area (Å²) in [5, 5.41) is 5.06. The molecule has 0 saturated heterocycles. The van der Waals surface area contributed by atoms with Crippen LogP contribution in [0.25, 0.3) is 20.9 Å². The monoisotopic (exact) mass is 980 g/mol. The molecule has 0 saturated carbocycles. The maximum atomic E-state index is 14.0. The third-order valence-corrected chi connectivity index (χ3v) is 7.82. The lowest BCUT2D eigenvalue weighted by Crippen LogP contribution is -2.17. The SMILES string of the molecule is [N-]=[N+]=Nc1c(F)c(F)c(C(=O)OCCOCCOCCOCCOCCOCCOCCOCCOCCOCCOCCOCCOC(=O)c2c(F)c(F)c(N=[N+]=[N-])c(F)c2F)c(F)c1F. The Morgan fingerprint density at radius 1 is 0.313 bits per heavy atom. The molecule has 0 unspecified atom stereocenters. The minimum Gasteiger partial charge on any atom is -0.459 e. The molecule has 0 radical (unpaired) electrons. The van der Waals surface area contributed by atoms with Crippen LogP contribution in [-0.4, -0.2) is 171 Å². The first-order valence-corrected chi connectivity index (χ1v) is 20.0. The van der Waals surface area contributed by atoms with Crippen LogP contribution in [0.4, 0.5) is 46.5 Å². The van der Waals surface area contributed by atoms with E-state index in [-0.39, 0.29) is 66.1 Å². The molecule has 0 aliphatic carbocycles. The third-order valence-electron chi connectivity index (χ3n) is 7.82. The van der Waals surface area contributed by atoms with Crippen molar-refractivity contribution in [3.05, 3.63) is 78.6 Å². The number of carbonyl (C=O) groups is 2. The molecule has 0 heterocycles. The van der Waals surface area contributed by atoms with Crippen molar-refractivity contribution in [3.8, 4) is 0 Å². The van der Waals surface area contributed by atoms with Gasteiger partial charge in [-0.1, -0.05) is 10.2 Å². The van der Waals surface area contributed by atoms with E-state index >= 15 is 0 Å². The summed E-state index contributed by atoms with van der Waals surface area (Å²) < 4.78 is 179. The van der Waals surface area contributed by atoms with Crippen LogP contribution in [0.2, 0.25) is 0 Å². The largest absolute Gasteiger partial charge is 0.459 e. The number of azide groups is 2. The topological polar surface area (TPSA) is 252 Å². The molecular weight excluding hydrogens is 932 g/mol. The van der Waals surface area contributed by atoms with Gasteiger partial charge in [-0.25, -0.2) is 44.7 Å². The van der Waals surface area contributed by atoms with Gasteiger partial charge in [0.05, 0.1) is 145 Å². The van der Waals surface area contributed by atoms with Crippen LogP contribution in [-0.2, 0) is 61.6 Å². The lowest BCUT2D eigenvalue weighted by Gasteiger charge is -2.10. The summed E-state index contributed by atoms with van der Waals surface area (Å²) in [7, 11) is 0. The Kier molecular flexibility index (Phi) is 31.3. The van der Waals surface area contributed by atoms with E-state index in [2.05, 4.69) is 29.5 Å². The zero-order chi connectivity index (χ0) is 49.1. The quantitative estimate of drug-likeness (QED) is 0.0144. The highest BCUT2D eigenvalue weighted by molar-refractivity contribution is 5.91. The summed E-state index contributed by atoms with van der Waals surface area (Å²) in [6.45, 7) is 4.35. The van der Waals surface area contributed by atoms with Gasteiger partial charge in [-0.05, 0) is 11.1 Å². The predicted molar refractivity (Wildman–Crippen MR) is 210 cm³/mol. The fraction of sp³-hybridized carbons (Fsp3) is 0.632. The number of hydrogen-bond acceptors (Lipinski definition) is 17. The number of halogens is 8. The van der Waals surface area contributed by atoms with E-state index in [1.54, 1.807) is 0 Å². The van der Waals surface area contributed by atoms with E-state index in [4.69, 9.17) is 63.2 Å². The van der Waals surface area contributed by atoms with Gasteiger partial charge in [-0.15, -0.1) is 0 Å². The molecule has 0 spiro atoms. The highest BCUT2D eigenvalue weighted by atomic mass is 19.2. The lowest BCUT2D eigenvalue weighted by molar-refractivity contribution is -0.0285. The Bertz CT molecular complexity index is 1710. The van der Waals surface area contributed by atoms with Gasteiger partial charge in [0.2, 0.25) is 0 Å². The third kappa shape index (κ3) is 22.6. The second-order valence-corrected chi connectivity index (χ2v) is 12.3. The summed E-state index contributed by atoms with van der Waals surface area (Å²) in [6.07, 6.45) is 0. The van der Waals surface area contributed by atoms with Crippen LogP contribution < -0.4 is 0 Å². The van der Waals surface area contributed by atoms with Gasteiger partial charge < -0.3 is 61.6 Å². The van der Waals surface area contributed by atoms with Crippen molar-refractivity contribution in [1.82, 2.24) is 0 Å². The minimum absolute atomic E-state index is 0.0741. The van der Waals surface area contributed by atoms with Gasteiger partial charge in [-0.3, -0.25) is 0 Å². The van der Waals surface area contributed by atoms with Gasteiger partial charge in [0.15, 0.2) is 46.5 Å². The van der Waals surface area contributed by atoms with E-state index < -0.39 is 94.2 Å². The molecule has 0 aliphatic rings. The van der Waals surface area contributed by atoms with Crippen molar-refractivity contribution in [2.24, 2.45) is 10.2 Å². The van der Waals surface area contributed by atoms with Crippen molar-refractivity contribution in [1.29, 1.82) is 0 Å². The smallest absolute Gasteiger partial charge is 0.344 e. The maximum Gasteiger partial charge on any atom is 0.344 e. The van der Waals surface area contributed by atoms with Crippen molar-refractivity contribution in [2.75, 3.05) is 159 Å². The number of rotatable bonds is 40. The normalized spacial score (nSPS) is 11.1. The molecule has 29 heteroatoms. The molecule has 2 aromatic rings. The van der Waals surface area contributed by atoms with Crippen molar-refractivity contribution in [2.45, 2.75) is 0 Å². The molecule has 2 rings (SSSR count). The van der Waals surface area contributed by atoms with E-state index in [0.29, 0.717) is 79.3 Å². The second-order valence-electron chi connectivity index (χ2n) is 12.3. The molecular formula is C38H48F8N6O15. The Hall–Kier alpha value is -5.00. The first-order chi connectivity index (χ1) is 32.5. The Balaban J connectivity index is 1.25. The number of ether oxygens (including phenoxy) is 13. The van der Waals surface area contributed by atoms with Crippen molar-refractivity contribution < 1.29 is 106 Å². The average molecular weight is 981 g/mol. The summed E-state index contributed by atoms with van der Waals surface area (Å²) in [5.74, 6) is -19.8. The van der Waals surface area contributed by atoms with Gasteiger partial charge in [0.25, 0.3) is 0 Å². The maximum absolute atomic E-state index is 14.0. The van der Waals surface area contributed by atoms with E-state index in [1.807, 2.05) is 0 Å². The summed E-state index contributed by atoms with van der Waals surface area (Å²) in [6, 6.07) is 0. The molecule has 0 bridgehead atoms. The highest BCUT2D eigenvalue weighted by Gasteiger charge is 2.31. The Labute approximate surface area is 376 Å². The fourth-order valence-corrected chi connectivity index (χ4v) is 4.70. The van der Waals surface area contributed by atoms with E-state index in [1.165, 1.54) is 0 Å².